The monoisotopic (exact) mass is 518 g/mol. The van der Waals surface area contributed by atoms with Gasteiger partial charge in [-0.25, -0.2) is 0 Å². The quantitative estimate of drug-likeness (QED) is 0.246. The van der Waals surface area contributed by atoms with Gasteiger partial charge in [-0.2, -0.15) is 4.80 Å². The fourth-order valence-electron chi connectivity index (χ4n) is 3.65. The van der Waals surface area contributed by atoms with E-state index in [1.54, 1.807) is 48.3 Å². The summed E-state index contributed by atoms with van der Waals surface area (Å²) in [7, 11) is 1.62. The van der Waals surface area contributed by atoms with Crippen LogP contribution in [-0.4, -0.2) is 28.0 Å². The highest BCUT2D eigenvalue weighted by Gasteiger charge is 2.12. The van der Waals surface area contributed by atoms with E-state index in [2.05, 4.69) is 15.5 Å². The molecule has 0 aliphatic heterocycles. The number of carbonyl (C=O) groups is 1. The summed E-state index contributed by atoms with van der Waals surface area (Å²) in [5, 5.41) is 12.8. The highest BCUT2D eigenvalue weighted by molar-refractivity contribution is 6.43. The highest BCUT2D eigenvalue weighted by atomic mass is 35.5. The average Bonchev–Trinajstić information content (AvgIpc) is 3.52. The lowest BCUT2D eigenvalue weighted by Gasteiger charge is -2.05. The van der Waals surface area contributed by atoms with E-state index in [9.17, 15) is 4.79 Å². The Balaban J connectivity index is 1.31. The number of hydrogen-bond donors (Lipinski definition) is 1. The molecule has 2 heterocycles. The second-order valence-electron chi connectivity index (χ2n) is 7.97. The van der Waals surface area contributed by atoms with Crippen molar-refractivity contribution in [3.8, 4) is 22.8 Å². The van der Waals surface area contributed by atoms with Crippen molar-refractivity contribution in [2.45, 2.75) is 6.92 Å². The van der Waals surface area contributed by atoms with Gasteiger partial charge in [0.05, 0.1) is 22.8 Å². The molecule has 7 nitrogen and oxygen atoms in total. The number of halogens is 2. The molecule has 1 N–H and O–H groups in total. The molecular weight excluding hydrogens is 499 g/mol. The Kier molecular flexibility index (Phi) is 6.50. The van der Waals surface area contributed by atoms with Crippen molar-refractivity contribution in [1.29, 1.82) is 0 Å². The third-order valence-electron chi connectivity index (χ3n) is 5.53. The van der Waals surface area contributed by atoms with Gasteiger partial charge in [0.2, 0.25) is 5.91 Å². The molecule has 0 aliphatic rings. The van der Waals surface area contributed by atoms with E-state index in [1.807, 2.05) is 43.3 Å². The zero-order valence-electron chi connectivity index (χ0n) is 19.3. The molecule has 180 valence electrons. The van der Waals surface area contributed by atoms with Crippen LogP contribution in [-0.2, 0) is 4.79 Å². The van der Waals surface area contributed by atoms with Gasteiger partial charge in [-0.1, -0.05) is 29.3 Å². The van der Waals surface area contributed by atoms with Crippen LogP contribution in [0.25, 0.3) is 34.1 Å². The molecule has 0 bridgehead atoms. The molecule has 5 aromatic rings. The Hall–Kier alpha value is -4.07. The van der Waals surface area contributed by atoms with E-state index in [0.717, 1.165) is 22.5 Å². The molecule has 0 atom stereocenters. The third-order valence-corrected chi connectivity index (χ3v) is 6.35. The minimum Gasteiger partial charge on any atom is -0.497 e. The van der Waals surface area contributed by atoms with E-state index in [1.165, 1.54) is 6.08 Å². The number of ether oxygens (including phenoxy) is 1. The fourth-order valence-corrected chi connectivity index (χ4v) is 4.04. The summed E-state index contributed by atoms with van der Waals surface area (Å²) in [5.41, 5.74) is 4.37. The predicted molar refractivity (Wildman–Crippen MR) is 142 cm³/mol. The van der Waals surface area contributed by atoms with Crippen LogP contribution in [0.1, 0.15) is 11.3 Å². The van der Waals surface area contributed by atoms with Crippen molar-refractivity contribution >= 4 is 51.9 Å². The van der Waals surface area contributed by atoms with Gasteiger partial charge in [-0.15, -0.1) is 10.2 Å². The van der Waals surface area contributed by atoms with Crippen molar-refractivity contribution in [2.24, 2.45) is 0 Å². The van der Waals surface area contributed by atoms with E-state index >= 15 is 0 Å². The number of rotatable bonds is 6. The third kappa shape index (κ3) is 4.84. The van der Waals surface area contributed by atoms with Crippen molar-refractivity contribution in [3.05, 3.63) is 94.2 Å². The summed E-state index contributed by atoms with van der Waals surface area (Å²) in [6, 6.07) is 20.0. The van der Waals surface area contributed by atoms with Crippen molar-refractivity contribution < 1.29 is 13.9 Å². The molecule has 5 rings (SSSR count). The molecule has 0 radical (unpaired) electrons. The van der Waals surface area contributed by atoms with Gasteiger partial charge in [0, 0.05) is 17.3 Å². The predicted octanol–water partition coefficient (Wildman–Crippen LogP) is 6.96. The molecule has 0 saturated carbocycles. The van der Waals surface area contributed by atoms with Gasteiger partial charge in [-0.05, 0) is 79.2 Å². The maximum Gasteiger partial charge on any atom is 0.248 e. The van der Waals surface area contributed by atoms with Gasteiger partial charge in [0.25, 0.3) is 0 Å². The minimum atomic E-state index is -0.307. The number of aryl methyl sites for hydroxylation is 1. The second-order valence-corrected chi connectivity index (χ2v) is 8.75. The van der Waals surface area contributed by atoms with Gasteiger partial charge in [0.1, 0.15) is 28.3 Å². The number of furan rings is 1. The van der Waals surface area contributed by atoms with E-state index in [-0.39, 0.29) is 5.91 Å². The molecule has 0 saturated heterocycles. The van der Waals surface area contributed by atoms with Gasteiger partial charge >= 0.3 is 0 Å². The lowest BCUT2D eigenvalue weighted by atomic mass is 10.1. The van der Waals surface area contributed by atoms with Crippen LogP contribution >= 0.6 is 23.2 Å². The average molecular weight is 519 g/mol. The van der Waals surface area contributed by atoms with E-state index < -0.39 is 0 Å². The molecule has 2 aromatic heterocycles. The normalized spacial score (nSPS) is 11.3. The molecular formula is C27H20Cl2N4O3. The number of anilines is 1. The molecule has 0 fully saturated rings. The molecule has 9 heteroatoms. The maximum absolute atomic E-state index is 12.6. The fraction of sp³-hybridized carbons (Fsp3) is 0.0741. The smallest absolute Gasteiger partial charge is 0.248 e. The van der Waals surface area contributed by atoms with Crippen LogP contribution in [0, 0.1) is 6.92 Å². The minimum absolute atomic E-state index is 0.307. The first kappa shape index (κ1) is 23.7. The lowest BCUT2D eigenvalue weighted by Crippen LogP contribution is -2.08. The summed E-state index contributed by atoms with van der Waals surface area (Å²) < 4.78 is 11.0. The zero-order valence-corrected chi connectivity index (χ0v) is 20.8. The van der Waals surface area contributed by atoms with Crippen molar-refractivity contribution in [3.63, 3.8) is 0 Å². The number of carbonyl (C=O) groups excluding carboxylic acids is 1. The summed E-state index contributed by atoms with van der Waals surface area (Å²) in [6.07, 6.45) is 2.99. The number of fused-ring (bicyclic) bond motifs is 1. The molecule has 36 heavy (non-hydrogen) atoms. The number of nitrogens with zero attached hydrogens (tertiary/aromatic N) is 3. The van der Waals surface area contributed by atoms with Gasteiger partial charge < -0.3 is 14.5 Å². The summed E-state index contributed by atoms with van der Waals surface area (Å²) >= 11 is 12.4. The Bertz CT molecular complexity index is 1600. The summed E-state index contributed by atoms with van der Waals surface area (Å²) in [6.45, 7) is 1.90. The van der Waals surface area contributed by atoms with Crippen LogP contribution in [0.2, 0.25) is 10.0 Å². The zero-order chi connectivity index (χ0) is 25.2. The molecule has 0 aliphatic carbocycles. The number of hydrogen-bond acceptors (Lipinski definition) is 5. The molecule has 1 amide bonds. The molecule has 3 aromatic carbocycles. The largest absolute Gasteiger partial charge is 0.497 e. The molecule has 0 spiro atoms. The SMILES string of the molecule is COc1ccc(-n2nc3cc(C)c(NC(=O)C=Cc4ccc(-c5cccc(Cl)c5Cl)o4)cc3n2)cc1. The number of nitrogens with one attached hydrogen (secondary N) is 1. The standard InChI is InChI=1S/C27H20Cl2N4O3/c1-16-14-23-24(32-33(31-23)17-6-8-18(35-2)9-7-17)15-22(16)30-26(34)13-11-19-10-12-25(36-19)20-4-3-5-21(28)27(20)29/h3-15H,1-2H3,(H,30,34). The summed E-state index contributed by atoms with van der Waals surface area (Å²) in [5.74, 6) is 1.51. The molecule has 0 unspecified atom stereocenters. The Morgan fingerprint density at radius 3 is 2.53 bits per heavy atom. The maximum atomic E-state index is 12.6. The van der Waals surface area contributed by atoms with Crippen molar-refractivity contribution in [1.82, 2.24) is 15.0 Å². The Labute approximate surface area is 216 Å². The van der Waals surface area contributed by atoms with Crippen LogP contribution in [0.4, 0.5) is 5.69 Å². The van der Waals surface area contributed by atoms with Crippen LogP contribution in [0.5, 0.6) is 5.75 Å². The first-order valence-electron chi connectivity index (χ1n) is 11.0. The van der Waals surface area contributed by atoms with Crippen LogP contribution in [0.3, 0.4) is 0 Å². The number of amides is 1. The summed E-state index contributed by atoms with van der Waals surface area (Å²) in [4.78, 5) is 14.2. The Morgan fingerprint density at radius 2 is 1.78 bits per heavy atom. The first-order chi connectivity index (χ1) is 17.4. The van der Waals surface area contributed by atoms with Crippen molar-refractivity contribution in [2.75, 3.05) is 12.4 Å². The Morgan fingerprint density at radius 1 is 1.03 bits per heavy atom. The van der Waals surface area contributed by atoms with Gasteiger partial charge in [0.15, 0.2) is 0 Å². The number of aromatic nitrogens is 3. The number of benzene rings is 3. The second kappa shape index (κ2) is 9.89. The highest BCUT2D eigenvalue weighted by Crippen LogP contribution is 2.34. The first-order valence-corrected chi connectivity index (χ1v) is 11.7. The van der Waals surface area contributed by atoms with E-state index in [0.29, 0.717) is 38.3 Å². The van der Waals surface area contributed by atoms with Gasteiger partial charge in [-0.3, -0.25) is 4.79 Å². The lowest BCUT2D eigenvalue weighted by molar-refractivity contribution is -0.111. The van der Waals surface area contributed by atoms with E-state index in [4.69, 9.17) is 32.4 Å². The van der Waals surface area contributed by atoms with Crippen LogP contribution < -0.4 is 10.1 Å². The van der Waals surface area contributed by atoms with Crippen LogP contribution in [0.15, 0.2) is 77.2 Å². The number of methoxy groups -OCH3 is 1. The topological polar surface area (TPSA) is 82.2 Å².